The number of amides is 4. The number of urea groups is 1. The van der Waals surface area contributed by atoms with Crippen LogP contribution < -0.4 is 21.3 Å². The second-order valence-corrected chi connectivity index (χ2v) is 10.7. The maximum absolute atomic E-state index is 13.4. The molecule has 1 aromatic heterocycles. The number of hydrogen-bond donors (Lipinski definition) is 4. The molecule has 4 N–H and O–H groups in total. The molecule has 0 radical (unpaired) electrons. The molecule has 0 aliphatic rings. The highest BCUT2D eigenvalue weighted by Gasteiger charge is 2.17. The molecule has 10 heteroatoms. The van der Waals surface area contributed by atoms with E-state index in [4.69, 9.17) is 4.74 Å². The average molecular weight is 594 g/mol. The van der Waals surface area contributed by atoms with Crippen molar-refractivity contribution in [3.63, 3.8) is 0 Å². The Morgan fingerprint density at radius 3 is 2.36 bits per heavy atom. The summed E-state index contributed by atoms with van der Waals surface area (Å²) in [4.78, 5) is 42.0. The highest BCUT2D eigenvalue weighted by Crippen LogP contribution is 2.22. The number of carbonyl (C=O) groups is 3. The van der Waals surface area contributed by atoms with Crippen molar-refractivity contribution >= 4 is 35.1 Å². The van der Waals surface area contributed by atoms with Crippen LogP contribution in [-0.4, -0.2) is 35.2 Å². The van der Waals surface area contributed by atoms with Gasteiger partial charge in [0.2, 0.25) is 0 Å². The first-order valence-electron chi connectivity index (χ1n) is 13.8. The molecule has 0 fully saturated rings. The summed E-state index contributed by atoms with van der Waals surface area (Å²) in [6, 6.07) is 20.4. The Labute approximate surface area is 255 Å². The number of nitrogens with zero attached hydrogens (tertiary/aromatic N) is 1. The van der Waals surface area contributed by atoms with Gasteiger partial charge >= 0.3 is 12.1 Å². The summed E-state index contributed by atoms with van der Waals surface area (Å²) in [6.45, 7) is 5.67. The van der Waals surface area contributed by atoms with Crippen molar-refractivity contribution in [1.29, 1.82) is 0 Å². The fraction of sp³-hybridized carbons (Fsp3) is 0.176. The molecule has 3 aromatic carbocycles. The zero-order valence-corrected chi connectivity index (χ0v) is 24.5. The van der Waals surface area contributed by atoms with Crippen LogP contribution in [0.2, 0.25) is 0 Å². The number of hydrogen-bond acceptors (Lipinski definition) is 5. The van der Waals surface area contributed by atoms with E-state index in [-0.39, 0.29) is 11.4 Å². The van der Waals surface area contributed by atoms with Crippen molar-refractivity contribution in [2.24, 2.45) is 0 Å². The molecule has 1 heterocycles. The van der Waals surface area contributed by atoms with E-state index in [1.54, 1.807) is 81.7 Å². The molecule has 4 amide bonds. The van der Waals surface area contributed by atoms with Gasteiger partial charge in [-0.2, -0.15) is 0 Å². The number of carbonyl (C=O) groups excluding carboxylic acids is 3. The summed E-state index contributed by atoms with van der Waals surface area (Å²) >= 11 is 0. The number of pyridine rings is 1. The first kappa shape index (κ1) is 31.3. The lowest BCUT2D eigenvalue weighted by atomic mass is 10.1. The predicted octanol–water partition coefficient (Wildman–Crippen LogP) is 6.58. The zero-order valence-electron chi connectivity index (χ0n) is 24.5. The summed E-state index contributed by atoms with van der Waals surface area (Å²) in [6.07, 6.45) is 3.41. The Morgan fingerprint density at radius 1 is 0.864 bits per heavy atom. The molecule has 0 aliphatic heterocycles. The summed E-state index contributed by atoms with van der Waals surface area (Å²) in [7, 11) is 0. The summed E-state index contributed by atoms with van der Waals surface area (Å²) in [5, 5.41) is 11.0. The minimum Gasteiger partial charge on any atom is -0.444 e. The van der Waals surface area contributed by atoms with E-state index in [1.807, 2.05) is 12.1 Å². The van der Waals surface area contributed by atoms with Crippen LogP contribution in [0.15, 0.2) is 91.3 Å². The van der Waals surface area contributed by atoms with Crippen molar-refractivity contribution in [2.75, 3.05) is 22.5 Å². The maximum atomic E-state index is 13.4. The normalized spacial score (nSPS) is 10.5. The topological polar surface area (TPSA) is 121 Å². The van der Waals surface area contributed by atoms with Gasteiger partial charge in [-0.1, -0.05) is 24.0 Å². The average Bonchev–Trinajstić information content (AvgIpc) is 2.97. The second kappa shape index (κ2) is 14.5. The summed E-state index contributed by atoms with van der Waals surface area (Å²) in [5.41, 5.74) is 2.81. The standard InChI is InChI=1S/C34H32FN5O4/c1-34(2,3)44-33(43)39-28-8-4-7-26(21-28)31(41)40-30-16-15-29(20-25(30)12-9-23-10-13-27(35)14-11-23)38-32(42)37-19-17-24-6-5-18-36-22-24/h4-8,10-11,13-16,18,20-22H,17,19H2,1-3H3,(H,39,43)(H,40,41)(H2,37,38,42). The largest absolute Gasteiger partial charge is 0.444 e. The number of halogens is 1. The second-order valence-electron chi connectivity index (χ2n) is 10.7. The molecule has 0 saturated heterocycles. The Hall–Kier alpha value is -5.69. The molecular formula is C34H32FN5O4. The number of benzene rings is 3. The molecule has 0 spiro atoms. The number of nitrogens with one attached hydrogen (secondary N) is 4. The van der Waals surface area contributed by atoms with Gasteiger partial charge in [0.1, 0.15) is 11.4 Å². The van der Waals surface area contributed by atoms with Crippen LogP contribution in [0.3, 0.4) is 0 Å². The molecule has 0 atom stereocenters. The van der Waals surface area contributed by atoms with Crippen LogP contribution >= 0.6 is 0 Å². The lowest BCUT2D eigenvalue weighted by Crippen LogP contribution is -2.30. The van der Waals surface area contributed by atoms with Crippen LogP contribution in [0.1, 0.15) is 47.8 Å². The van der Waals surface area contributed by atoms with Gasteiger partial charge in [-0.25, -0.2) is 14.0 Å². The molecule has 224 valence electrons. The van der Waals surface area contributed by atoms with Crippen molar-refractivity contribution in [2.45, 2.75) is 32.8 Å². The van der Waals surface area contributed by atoms with E-state index in [9.17, 15) is 18.8 Å². The smallest absolute Gasteiger partial charge is 0.412 e. The van der Waals surface area contributed by atoms with Gasteiger partial charge in [0.25, 0.3) is 5.91 Å². The van der Waals surface area contributed by atoms with Crippen molar-refractivity contribution in [3.05, 3.63) is 119 Å². The highest BCUT2D eigenvalue weighted by molar-refractivity contribution is 6.06. The number of anilines is 3. The first-order valence-corrected chi connectivity index (χ1v) is 13.8. The first-order chi connectivity index (χ1) is 21.0. The van der Waals surface area contributed by atoms with E-state index >= 15 is 0 Å². The Kier molecular flexibility index (Phi) is 10.3. The Balaban J connectivity index is 1.50. The van der Waals surface area contributed by atoms with Crippen LogP contribution in [0.4, 0.5) is 31.0 Å². The third-order valence-electron chi connectivity index (χ3n) is 5.90. The zero-order chi connectivity index (χ0) is 31.5. The summed E-state index contributed by atoms with van der Waals surface area (Å²) in [5.74, 6) is 5.13. The predicted molar refractivity (Wildman–Crippen MR) is 168 cm³/mol. The SMILES string of the molecule is CC(C)(C)OC(=O)Nc1cccc(C(=O)Nc2ccc(NC(=O)NCCc3cccnc3)cc2C#Cc2ccc(F)cc2)c1. The van der Waals surface area contributed by atoms with Gasteiger partial charge in [-0.05, 0) is 99.5 Å². The fourth-order valence-corrected chi connectivity index (χ4v) is 3.90. The minimum atomic E-state index is -0.675. The van der Waals surface area contributed by atoms with E-state index in [0.29, 0.717) is 41.2 Å². The van der Waals surface area contributed by atoms with Crippen molar-refractivity contribution in [3.8, 4) is 11.8 Å². The molecule has 9 nitrogen and oxygen atoms in total. The lowest BCUT2D eigenvalue weighted by molar-refractivity contribution is 0.0635. The molecule has 0 aliphatic carbocycles. The van der Waals surface area contributed by atoms with Crippen LogP contribution in [-0.2, 0) is 11.2 Å². The van der Waals surface area contributed by atoms with Crippen molar-refractivity contribution in [1.82, 2.24) is 10.3 Å². The van der Waals surface area contributed by atoms with Crippen LogP contribution in [0.25, 0.3) is 0 Å². The van der Waals surface area contributed by atoms with E-state index < -0.39 is 23.6 Å². The number of ether oxygens (including phenoxy) is 1. The molecule has 0 saturated carbocycles. The van der Waals surface area contributed by atoms with Gasteiger partial charge < -0.3 is 20.7 Å². The molecule has 0 bridgehead atoms. The Bertz CT molecular complexity index is 1690. The van der Waals surface area contributed by atoms with Gasteiger partial charge in [0, 0.05) is 41.4 Å². The molecule has 4 rings (SSSR count). The molecule has 4 aromatic rings. The monoisotopic (exact) mass is 593 g/mol. The number of rotatable bonds is 7. The van der Waals surface area contributed by atoms with E-state index in [0.717, 1.165) is 5.56 Å². The minimum absolute atomic E-state index is 0.284. The molecule has 44 heavy (non-hydrogen) atoms. The van der Waals surface area contributed by atoms with Gasteiger partial charge in [0.05, 0.1) is 11.3 Å². The maximum Gasteiger partial charge on any atom is 0.412 e. The van der Waals surface area contributed by atoms with Crippen LogP contribution in [0, 0.1) is 17.7 Å². The highest BCUT2D eigenvalue weighted by atomic mass is 19.1. The van der Waals surface area contributed by atoms with Crippen LogP contribution in [0.5, 0.6) is 0 Å². The fourth-order valence-electron chi connectivity index (χ4n) is 3.90. The summed E-state index contributed by atoms with van der Waals surface area (Å²) < 4.78 is 18.7. The van der Waals surface area contributed by atoms with E-state index in [2.05, 4.69) is 38.1 Å². The Morgan fingerprint density at radius 2 is 1.64 bits per heavy atom. The third-order valence-corrected chi connectivity index (χ3v) is 5.90. The van der Waals surface area contributed by atoms with E-state index in [1.165, 1.54) is 18.2 Å². The molecular weight excluding hydrogens is 561 g/mol. The van der Waals surface area contributed by atoms with Gasteiger partial charge in [0.15, 0.2) is 0 Å². The third kappa shape index (κ3) is 9.99. The van der Waals surface area contributed by atoms with Crippen molar-refractivity contribution < 1.29 is 23.5 Å². The lowest BCUT2D eigenvalue weighted by Gasteiger charge is -2.19. The van der Waals surface area contributed by atoms with Gasteiger partial charge in [-0.3, -0.25) is 15.1 Å². The van der Waals surface area contributed by atoms with Gasteiger partial charge in [-0.15, -0.1) is 0 Å². The molecule has 0 unspecified atom stereocenters. The number of aromatic nitrogens is 1. The quantitative estimate of drug-likeness (QED) is 0.180.